The zero-order chi connectivity index (χ0) is 16.7. The molecule has 1 aliphatic heterocycles. The van der Waals surface area contributed by atoms with Crippen molar-refractivity contribution in [2.45, 2.75) is 12.3 Å². The molecular formula is C15H11F3N4OS. The number of ether oxygens (including phenoxy) is 1. The third kappa shape index (κ3) is 2.92. The summed E-state index contributed by atoms with van der Waals surface area (Å²) in [5.74, 6) is 0.720. The Hall–Kier alpha value is -2.26. The van der Waals surface area contributed by atoms with Crippen LogP contribution in [-0.2, 0) is 0 Å². The van der Waals surface area contributed by atoms with Crippen molar-refractivity contribution in [1.29, 1.82) is 0 Å². The van der Waals surface area contributed by atoms with Crippen molar-refractivity contribution in [2.24, 2.45) is 0 Å². The van der Waals surface area contributed by atoms with E-state index in [1.54, 1.807) is 17.6 Å². The molecule has 0 bridgehead atoms. The van der Waals surface area contributed by atoms with E-state index >= 15 is 0 Å². The van der Waals surface area contributed by atoms with Crippen LogP contribution < -0.4 is 10.1 Å². The van der Waals surface area contributed by atoms with Gasteiger partial charge in [-0.1, -0.05) is 0 Å². The number of benzene rings is 1. The largest absolute Gasteiger partial charge is 0.573 e. The van der Waals surface area contributed by atoms with Crippen LogP contribution in [0, 0.1) is 0 Å². The van der Waals surface area contributed by atoms with E-state index in [2.05, 4.69) is 25.0 Å². The first kappa shape index (κ1) is 15.3. The number of fused-ring (bicyclic) bond motifs is 1. The first-order chi connectivity index (χ1) is 11.5. The van der Waals surface area contributed by atoms with Crippen LogP contribution in [-0.4, -0.2) is 34.4 Å². The molecule has 0 atom stereocenters. The SMILES string of the molecule is FC(F)(F)Oc1ccc(-c2nc(C3CNC3)nc3scnc23)cc1. The van der Waals surface area contributed by atoms with E-state index in [-0.39, 0.29) is 11.7 Å². The average Bonchev–Trinajstić information content (AvgIpc) is 2.92. The van der Waals surface area contributed by atoms with Crippen molar-refractivity contribution >= 4 is 21.7 Å². The van der Waals surface area contributed by atoms with Crippen molar-refractivity contribution in [3.8, 4) is 17.0 Å². The summed E-state index contributed by atoms with van der Waals surface area (Å²) in [5.41, 5.74) is 3.64. The summed E-state index contributed by atoms with van der Waals surface area (Å²) in [6.45, 7) is 1.64. The van der Waals surface area contributed by atoms with E-state index in [4.69, 9.17) is 0 Å². The molecule has 0 radical (unpaired) electrons. The van der Waals surface area contributed by atoms with Gasteiger partial charge < -0.3 is 10.1 Å². The first-order valence-corrected chi connectivity index (χ1v) is 8.05. The van der Waals surface area contributed by atoms with Crippen molar-refractivity contribution in [2.75, 3.05) is 13.1 Å². The number of nitrogens with zero attached hydrogens (tertiary/aromatic N) is 3. The molecule has 124 valence electrons. The third-order valence-electron chi connectivity index (χ3n) is 3.72. The van der Waals surface area contributed by atoms with E-state index < -0.39 is 6.36 Å². The van der Waals surface area contributed by atoms with Gasteiger partial charge in [0, 0.05) is 24.6 Å². The number of alkyl halides is 3. The van der Waals surface area contributed by atoms with Crippen LogP contribution in [0.1, 0.15) is 11.7 Å². The fourth-order valence-electron chi connectivity index (χ4n) is 2.45. The highest BCUT2D eigenvalue weighted by Crippen LogP contribution is 2.31. The summed E-state index contributed by atoms with van der Waals surface area (Å²) in [7, 11) is 0. The Kier molecular flexibility index (Phi) is 3.61. The number of hydrogen-bond acceptors (Lipinski definition) is 6. The van der Waals surface area contributed by atoms with Crippen molar-refractivity contribution in [1.82, 2.24) is 20.3 Å². The van der Waals surface area contributed by atoms with Crippen LogP contribution in [0.2, 0.25) is 0 Å². The molecular weight excluding hydrogens is 341 g/mol. The topological polar surface area (TPSA) is 59.9 Å². The van der Waals surface area contributed by atoms with Crippen LogP contribution in [0.4, 0.5) is 13.2 Å². The van der Waals surface area contributed by atoms with Crippen LogP contribution in [0.3, 0.4) is 0 Å². The molecule has 1 aliphatic rings. The first-order valence-electron chi connectivity index (χ1n) is 7.17. The van der Waals surface area contributed by atoms with Crippen molar-refractivity contribution in [3.05, 3.63) is 35.6 Å². The predicted molar refractivity (Wildman–Crippen MR) is 82.9 cm³/mol. The number of halogens is 3. The number of rotatable bonds is 3. The Morgan fingerprint density at radius 1 is 1.12 bits per heavy atom. The molecule has 1 fully saturated rings. The van der Waals surface area contributed by atoms with Gasteiger partial charge in [0.15, 0.2) is 0 Å². The van der Waals surface area contributed by atoms with E-state index in [0.29, 0.717) is 16.8 Å². The molecule has 24 heavy (non-hydrogen) atoms. The summed E-state index contributed by atoms with van der Waals surface area (Å²) >= 11 is 1.42. The van der Waals surface area contributed by atoms with Gasteiger partial charge in [-0.15, -0.1) is 24.5 Å². The molecule has 0 unspecified atom stereocenters. The third-order valence-corrected chi connectivity index (χ3v) is 4.44. The average molecular weight is 352 g/mol. The zero-order valence-corrected chi connectivity index (χ0v) is 13.0. The Morgan fingerprint density at radius 2 is 1.88 bits per heavy atom. The maximum Gasteiger partial charge on any atom is 0.573 e. The van der Waals surface area contributed by atoms with Gasteiger partial charge in [-0.05, 0) is 24.3 Å². The van der Waals surface area contributed by atoms with Gasteiger partial charge in [0.25, 0.3) is 0 Å². The quantitative estimate of drug-likeness (QED) is 0.783. The minimum Gasteiger partial charge on any atom is -0.406 e. The van der Waals surface area contributed by atoms with Gasteiger partial charge in [-0.2, -0.15) is 0 Å². The standard InChI is InChI=1S/C15H11F3N4OS/c16-15(17,18)23-10-3-1-8(2-4-10)11-12-14(24-7-20-12)22-13(21-11)9-5-19-6-9/h1-4,7,9,19H,5-6H2. The monoisotopic (exact) mass is 352 g/mol. The van der Waals surface area contributed by atoms with Crippen LogP contribution in [0.15, 0.2) is 29.8 Å². The number of aromatic nitrogens is 3. The smallest absolute Gasteiger partial charge is 0.406 e. The number of hydrogen-bond donors (Lipinski definition) is 1. The highest BCUT2D eigenvalue weighted by atomic mass is 32.1. The fourth-order valence-corrected chi connectivity index (χ4v) is 3.11. The second kappa shape index (κ2) is 5.67. The zero-order valence-electron chi connectivity index (χ0n) is 12.2. The molecule has 9 heteroatoms. The van der Waals surface area contributed by atoms with E-state index in [0.717, 1.165) is 23.7 Å². The van der Waals surface area contributed by atoms with Crippen LogP contribution in [0.25, 0.3) is 21.6 Å². The normalized spacial score (nSPS) is 15.5. The van der Waals surface area contributed by atoms with Gasteiger partial charge in [-0.3, -0.25) is 0 Å². The summed E-state index contributed by atoms with van der Waals surface area (Å²) < 4.78 is 40.7. The molecule has 4 rings (SSSR count). The summed E-state index contributed by atoms with van der Waals surface area (Å²) in [6.07, 6.45) is -4.71. The molecule has 1 saturated heterocycles. The Balaban J connectivity index is 1.73. The molecule has 0 amide bonds. The molecule has 1 aromatic carbocycles. The van der Waals surface area contributed by atoms with Gasteiger partial charge in [0.05, 0.1) is 5.51 Å². The lowest BCUT2D eigenvalue weighted by molar-refractivity contribution is -0.274. The van der Waals surface area contributed by atoms with E-state index in [1.807, 2.05) is 0 Å². The van der Waals surface area contributed by atoms with Crippen molar-refractivity contribution in [3.63, 3.8) is 0 Å². The number of thiazole rings is 1. The molecule has 0 spiro atoms. The highest BCUT2D eigenvalue weighted by molar-refractivity contribution is 7.16. The maximum absolute atomic E-state index is 12.3. The van der Waals surface area contributed by atoms with E-state index in [9.17, 15) is 13.2 Å². The predicted octanol–water partition coefficient (Wildman–Crippen LogP) is 3.34. The Labute approximate surface area is 138 Å². The molecule has 5 nitrogen and oxygen atoms in total. The van der Waals surface area contributed by atoms with Crippen LogP contribution >= 0.6 is 11.3 Å². The maximum atomic E-state index is 12.3. The molecule has 0 saturated carbocycles. The second-order valence-corrected chi connectivity index (χ2v) is 6.20. The van der Waals surface area contributed by atoms with Gasteiger partial charge in [-0.25, -0.2) is 15.0 Å². The molecule has 0 aliphatic carbocycles. The molecule has 3 heterocycles. The minimum absolute atomic E-state index is 0.253. The Morgan fingerprint density at radius 3 is 2.50 bits per heavy atom. The van der Waals surface area contributed by atoms with Gasteiger partial charge in [0.1, 0.15) is 27.6 Å². The second-order valence-electron chi connectivity index (χ2n) is 5.36. The summed E-state index contributed by atoms with van der Waals surface area (Å²) in [6, 6.07) is 5.64. The summed E-state index contributed by atoms with van der Waals surface area (Å²) in [5, 5.41) is 3.17. The van der Waals surface area contributed by atoms with Crippen LogP contribution in [0.5, 0.6) is 5.75 Å². The summed E-state index contributed by atoms with van der Waals surface area (Å²) in [4.78, 5) is 14.2. The lowest BCUT2D eigenvalue weighted by Crippen LogP contribution is -2.40. The molecule has 2 aromatic heterocycles. The fraction of sp³-hybridized carbons (Fsp3) is 0.267. The lowest BCUT2D eigenvalue weighted by Gasteiger charge is -2.25. The van der Waals surface area contributed by atoms with Crippen molar-refractivity contribution < 1.29 is 17.9 Å². The van der Waals surface area contributed by atoms with Gasteiger partial charge in [0.2, 0.25) is 0 Å². The highest BCUT2D eigenvalue weighted by Gasteiger charge is 2.31. The molecule has 1 N–H and O–H groups in total. The van der Waals surface area contributed by atoms with E-state index in [1.165, 1.54) is 23.5 Å². The van der Waals surface area contributed by atoms with Gasteiger partial charge >= 0.3 is 6.36 Å². The molecule has 3 aromatic rings. The Bertz CT molecular complexity index is 875. The number of nitrogens with one attached hydrogen (secondary N) is 1. The lowest BCUT2D eigenvalue weighted by atomic mass is 10.0. The minimum atomic E-state index is -4.71.